The fourth-order valence-electron chi connectivity index (χ4n) is 2.38. The van der Waals surface area contributed by atoms with Crippen LogP contribution in [-0.2, 0) is 33.6 Å². The van der Waals surface area contributed by atoms with E-state index in [1.165, 1.54) is 18.1 Å². The highest BCUT2D eigenvalue weighted by molar-refractivity contribution is 5.85. The van der Waals surface area contributed by atoms with Gasteiger partial charge < -0.3 is 9.64 Å². The minimum absolute atomic E-state index is 0.0392. The third-order valence-corrected chi connectivity index (χ3v) is 3.53. The Morgan fingerprint density at radius 3 is 2.50 bits per heavy atom. The zero-order valence-electron chi connectivity index (χ0n) is 12.1. The first-order chi connectivity index (χ1) is 10.3. The summed E-state index contributed by atoms with van der Waals surface area (Å²) in [5.74, 6) is -0.416. The summed E-state index contributed by atoms with van der Waals surface area (Å²) in [6.45, 7) is 0.393. The van der Waals surface area contributed by atoms with Crippen LogP contribution >= 0.6 is 0 Å². The lowest BCUT2D eigenvalue weighted by Gasteiger charge is -2.14. The van der Waals surface area contributed by atoms with E-state index < -0.39 is 11.7 Å². The third kappa shape index (κ3) is 3.85. The van der Waals surface area contributed by atoms with Crippen LogP contribution in [0.2, 0.25) is 0 Å². The summed E-state index contributed by atoms with van der Waals surface area (Å²) in [7, 11) is 1.40. The van der Waals surface area contributed by atoms with Crippen LogP contribution in [0.25, 0.3) is 0 Å². The van der Waals surface area contributed by atoms with Gasteiger partial charge >= 0.3 is 6.18 Å². The summed E-state index contributed by atoms with van der Waals surface area (Å²) < 4.78 is 42.7. The maximum Gasteiger partial charge on any atom is 0.416 e. The molecule has 4 nitrogen and oxygen atoms in total. The monoisotopic (exact) mass is 315 g/mol. The molecule has 0 fully saturated rings. The van der Waals surface area contributed by atoms with E-state index in [-0.39, 0.29) is 44.2 Å². The first-order valence-electron chi connectivity index (χ1n) is 6.78. The number of rotatable bonds is 5. The molecule has 1 aliphatic heterocycles. The van der Waals surface area contributed by atoms with E-state index in [4.69, 9.17) is 0 Å². The quantitative estimate of drug-likeness (QED) is 0.839. The normalized spacial score (nSPS) is 14.1. The SMILES string of the molecule is COCC(=O)CCC(=O)N1Cc2ccc(C(F)(F)F)cc2C1. The number of fused-ring (bicyclic) bond motifs is 1. The maximum atomic E-state index is 12.7. The molecule has 1 amide bonds. The summed E-state index contributed by atoms with van der Waals surface area (Å²) in [4.78, 5) is 24.8. The number of amides is 1. The minimum atomic E-state index is -4.39. The van der Waals surface area contributed by atoms with Gasteiger partial charge in [-0.05, 0) is 23.3 Å². The highest BCUT2D eigenvalue weighted by Gasteiger charge is 2.32. The Morgan fingerprint density at radius 1 is 1.18 bits per heavy atom. The second-order valence-electron chi connectivity index (χ2n) is 5.20. The number of carbonyl (C=O) groups is 2. The first kappa shape index (κ1) is 16.5. The van der Waals surface area contributed by atoms with Gasteiger partial charge in [0.05, 0.1) is 5.56 Å². The molecular weight excluding hydrogens is 299 g/mol. The summed E-state index contributed by atoms with van der Waals surface area (Å²) in [6, 6.07) is 3.51. The molecule has 0 unspecified atom stereocenters. The number of hydrogen-bond donors (Lipinski definition) is 0. The molecule has 7 heteroatoms. The molecule has 1 aromatic carbocycles. The molecule has 0 saturated heterocycles. The predicted octanol–water partition coefficient (Wildman–Crippen LogP) is 2.54. The van der Waals surface area contributed by atoms with Crippen molar-refractivity contribution < 1.29 is 27.5 Å². The molecule has 22 heavy (non-hydrogen) atoms. The van der Waals surface area contributed by atoms with Gasteiger partial charge in [0, 0.05) is 33.0 Å². The number of ketones is 1. The summed E-state index contributed by atoms with van der Waals surface area (Å²) >= 11 is 0. The average Bonchev–Trinajstić information content (AvgIpc) is 2.87. The average molecular weight is 315 g/mol. The van der Waals surface area contributed by atoms with Crippen molar-refractivity contribution in [1.82, 2.24) is 4.90 Å². The van der Waals surface area contributed by atoms with E-state index in [9.17, 15) is 22.8 Å². The van der Waals surface area contributed by atoms with Crippen molar-refractivity contribution in [3.63, 3.8) is 0 Å². The summed E-state index contributed by atoms with van der Waals surface area (Å²) in [5.41, 5.74) is 0.506. The van der Waals surface area contributed by atoms with Gasteiger partial charge in [-0.15, -0.1) is 0 Å². The van der Waals surface area contributed by atoms with Gasteiger partial charge in [0.25, 0.3) is 0 Å². The van der Waals surface area contributed by atoms with Crippen molar-refractivity contribution in [2.75, 3.05) is 13.7 Å². The molecular formula is C15H16F3NO3. The van der Waals surface area contributed by atoms with Crippen LogP contribution in [0.5, 0.6) is 0 Å². The third-order valence-electron chi connectivity index (χ3n) is 3.53. The van der Waals surface area contributed by atoms with Crippen molar-refractivity contribution in [2.45, 2.75) is 32.1 Å². The minimum Gasteiger partial charge on any atom is -0.377 e. The number of alkyl halides is 3. The lowest BCUT2D eigenvalue weighted by molar-refractivity contribution is -0.137. The zero-order valence-corrected chi connectivity index (χ0v) is 12.1. The Bertz CT molecular complexity index is 584. The highest BCUT2D eigenvalue weighted by atomic mass is 19.4. The van der Waals surface area contributed by atoms with Gasteiger partial charge in [-0.25, -0.2) is 0 Å². The number of ether oxygens (including phenoxy) is 1. The van der Waals surface area contributed by atoms with Crippen molar-refractivity contribution >= 4 is 11.7 Å². The lowest BCUT2D eigenvalue weighted by Crippen LogP contribution is -2.26. The number of methoxy groups -OCH3 is 1. The lowest BCUT2D eigenvalue weighted by atomic mass is 10.1. The van der Waals surface area contributed by atoms with Crippen molar-refractivity contribution in [2.24, 2.45) is 0 Å². The van der Waals surface area contributed by atoms with E-state index in [0.29, 0.717) is 11.1 Å². The standard InChI is InChI=1S/C15H16F3NO3/c1-22-9-13(20)4-5-14(21)19-7-10-2-3-12(15(16,17)18)6-11(10)8-19/h2-3,6H,4-5,7-9H2,1H3. The predicted molar refractivity (Wildman–Crippen MR) is 71.8 cm³/mol. The molecule has 0 radical (unpaired) electrons. The van der Waals surface area contributed by atoms with Gasteiger partial charge in [-0.3, -0.25) is 9.59 Å². The van der Waals surface area contributed by atoms with E-state index in [0.717, 1.165) is 12.1 Å². The molecule has 0 N–H and O–H groups in total. The molecule has 1 aromatic rings. The van der Waals surface area contributed by atoms with E-state index in [2.05, 4.69) is 4.74 Å². The van der Waals surface area contributed by atoms with Crippen molar-refractivity contribution in [3.8, 4) is 0 Å². The number of Topliss-reactive ketones (excluding diaryl/α,β-unsaturated/α-hetero) is 1. The van der Waals surface area contributed by atoms with E-state index in [1.54, 1.807) is 0 Å². The number of halogens is 3. The Morgan fingerprint density at radius 2 is 1.86 bits per heavy atom. The molecule has 1 heterocycles. The number of carbonyl (C=O) groups excluding carboxylic acids is 2. The van der Waals surface area contributed by atoms with Crippen molar-refractivity contribution in [3.05, 3.63) is 34.9 Å². The maximum absolute atomic E-state index is 12.7. The first-order valence-corrected chi connectivity index (χ1v) is 6.78. The molecule has 0 aliphatic carbocycles. The topological polar surface area (TPSA) is 46.6 Å². The number of benzene rings is 1. The second-order valence-corrected chi connectivity index (χ2v) is 5.20. The van der Waals surface area contributed by atoms with Crippen LogP contribution in [0.3, 0.4) is 0 Å². The van der Waals surface area contributed by atoms with Crippen LogP contribution in [-0.4, -0.2) is 30.3 Å². The van der Waals surface area contributed by atoms with Crippen molar-refractivity contribution in [1.29, 1.82) is 0 Å². The zero-order chi connectivity index (χ0) is 16.3. The molecule has 0 spiro atoms. The van der Waals surface area contributed by atoms with E-state index in [1.807, 2.05) is 0 Å². The number of hydrogen-bond acceptors (Lipinski definition) is 3. The molecule has 0 saturated carbocycles. The summed E-state index contributed by atoms with van der Waals surface area (Å²) in [6.07, 6.45) is -4.27. The van der Waals surface area contributed by atoms with Crippen LogP contribution in [0.4, 0.5) is 13.2 Å². The smallest absolute Gasteiger partial charge is 0.377 e. The van der Waals surface area contributed by atoms with Crippen LogP contribution in [0.1, 0.15) is 29.5 Å². The Balaban J connectivity index is 1.97. The second kappa shape index (κ2) is 6.48. The molecule has 0 aromatic heterocycles. The van der Waals surface area contributed by atoms with Gasteiger partial charge in [0.15, 0.2) is 5.78 Å². The Labute approximate surface area is 125 Å². The van der Waals surface area contributed by atoms with Crippen LogP contribution in [0, 0.1) is 0 Å². The molecule has 2 rings (SSSR count). The van der Waals surface area contributed by atoms with Gasteiger partial charge in [0.2, 0.25) is 5.91 Å². The molecule has 0 atom stereocenters. The molecule has 1 aliphatic rings. The van der Waals surface area contributed by atoms with Gasteiger partial charge in [-0.2, -0.15) is 13.2 Å². The summed E-state index contributed by atoms with van der Waals surface area (Å²) in [5, 5.41) is 0. The fraction of sp³-hybridized carbons (Fsp3) is 0.467. The van der Waals surface area contributed by atoms with Gasteiger partial charge in [-0.1, -0.05) is 6.07 Å². The molecule has 120 valence electrons. The van der Waals surface area contributed by atoms with Crippen LogP contribution < -0.4 is 0 Å². The Kier molecular flexibility index (Phi) is 4.85. The van der Waals surface area contributed by atoms with Gasteiger partial charge in [0.1, 0.15) is 6.61 Å². The largest absolute Gasteiger partial charge is 0.416 e. The highest BCUT2D eigenvalue weighted by Crippen LogP contribution is 2.33. The van der Waals surface area contributed by atoms with Crippen LogP contribution in [0.15, 0.2) is 18.2 Å². The Hall–Kier alpha value is -1.89. The van der Waals surface area contributed by atoms with E-state index >= 15 is 0 Å². The fourth-order valence-corrected chi connectivity index (χ4v) is 2.38. The molecule has 0 bridgehead atoms. The number of nitrogens with zero attached hydrogens (tertiary/aromatic N) is 1.